The summed E-state index contributed by atoms with van der Waals surface area (Å²) in [7, 11) is 0. The van der Waals surface area contributed by atoms with Crippen LogP contribution in [-0.4, -0.2) is 36.2 Å². The van der Waals surface area contributed by atoms with Gasteiger partial charge in [0.2, 0.25) is 5.91 Å². The van der Waals surface area contributed by atoms with E-state index in [9.17, 15) is 9.59 Å². The summed E-state index contributed by atoms with van der Waals surface area (Å²) in [6.45, 7) is 7.94. The van der Waals surface area contributed by atoms with Gasteiger partial charge in [-0.1, -0.05) is 11.3 Å². The molecule has 110 valence electrons. The fourth-order valence-electron chi connectivity index (χ4n) is 1.69. The maximum Gasteiger partial charge on any atom is 0.350 e. The van der Waals surface area contributed by atoms with Crippen molar-refractivity contribution in [3.05, 3.63) is 10.6 Å². The highest BCUT2D eigenvalue weighted by Gasteiger charge is 2.41. The lowest BCUT2D eigenvalue weighted by molar-refractivity contribution is -0.151. The first-order chi connectivity index (χ1) is 9.32. The van der Waals surface area contributed by atoms with Crippen LogP contribution < -0.4 is 5.32 Å². The molecule has 0 unspecified atom stereocenters. The number of amides is 1. The van der Waals surface area contributed by atoms with Crippen LogP contribution >= 0.6 is 11.3 Å². The van der Waals surface area contributed by atoms with Crippen LogP contribution in [-0.2, 0) is 14.3 Å². The first kappa shape index (κ1) is 14.9. The Morgan fingerprint density at radius 1 is 1.45 bits per heavy atom. The van der Waals surface area contributed by atoms with Gasteiger partial charge in [-0.2, -0.15) is 0 Å². The van der Waals surface area contributed by atoms with Gasteiger partial charge < -0.3 is 14.8 Å². The Hall–Kier alpha value is -1.47. The van der Waals surface area contributed by atoms with Gasteiger partial charge in [0.25, 0.3) is 0 Å². The van der Waals surface area contributed by atoms with Gasteiger partial charge in [-0.3, -0.25) is 4.79 Å². The first-order valence-corrected chi connectivity index (χ1v) is 7.21. The molecule has 2 heterocycles. The number of ether oxygens (including phenoxy) is 2. The third-order valence-electron chi connectivity index (χ3n) is 2.93. The zero-order valence-corrected chi connectivity index (χ0v) is 12.8. The van der Waals surface area contributed by atoms with E-state index in [0.29, 0.717) is 28.9 Å². The summed E-state index contributed by atoms with van der Waals surface area (Å²) in [6.07, 6.45) is -0.187. The molecule has 1 aromatic rings. The Labute approximate surface area is 121 Å². The quantitative estimate of drug-likeness (QED) is 0.860. The number of aromatic nitrogens is 1. The number of thiazole rings is 1. The van der Waals surface area contributed by atoms with Gasteiger partial charge in [-0.05, 0) is 27.7 Å². The molecule has 1 amide bonds. The number of nitrogens with one attached hydrogen (secondary N) is 1. The predicted molar refractivity (Wildman–Crippen MR) is 75.0 cm³/mol. The third-order valence-corrected chi connectivity index (χ3v) is 3.99. The van der Waals surface area contributed by atoms with Gasteiger partial charge in [0.05, 0.1) is 30.4 Å². The second-order valence-electron chi connectivity index (χ2n) is 5.40. The number of esters is 1. The van der Waals surface area contributed by atoms with E-state index in [0.717, 1.165) is 11.3 Å². The molecule has 0 spiro atoms. The molecule has 20 heavy (non-hydrogen) atoms. The standard InChI is InChI=1S/C13H18N2O4S/c1-7(2)19-10(16)9-8(3)14-12(20-9)15-11(17)13(4)5-18-6-13/h7H,5-6H2,1-4H3,(H,14,15,17). The summed E-state index contributed by atoms with van der Waals surface area (Å²) in [6, 6.07) is 0. The van der Waals surface area contributed by atoms with Crippen LogP contribution in [0.15, 0.2) is 0 Å². The van der Waals surface area contributed by atoms with Crippen molar-refractivity contribution < 1.29 is 19.1 Å². The number of carbonyl (C=O) groups excluding carboxylic acids is 2. The summed E-state index contributed by atoms with van der Waals surface area (Å²) < 4.78 is 10.2. The minimum Gasteiger partial charge on any atom is -0.459 e. The van der Waals surface area contributed by atoms with Crippen molar-refractivity contribution in [1.82, 2.24) is 4.98 Å². The molecule has 0 radical (unpaired) electrons. The SMILES string of the molecule is Cc1nc(NC(=O)C2(C)COC2)sc1C(=O)OC(C)C. The van der Waals surface area contributed by atoms with E-state index in [1.807, 2.05) is 6.92 Å². The Kier molecular flexibility index (Phi) is 4.10. The monoisotopic (exact) mass is 298 g/mol. The molecule has 0 saturated carbocycles. The molecule has 1 saturated heterocycles. The molecular weight excluding hydrogens is 280 g/mol. The van der Waals surface area contributed by atoms with Crippen LogP contribution in [0.3, 0.4) is 0 Å². The van der Waals surface area contributed by atoms with E-state index < -0.39 is 11.4 Å². The van der Waals surface area contributed by atoms with E-state index >= 15 is 0 Å². The van der Waals surface area contributed by atoms with Crippen LogP contribution in [0, 0.1) is 12.3 Å². The Morgan fingerprint density at radius 3 is 2.60 bits per heavy atom. The van der Waals surface area contributed by atoms with E-state index in [4.69, 9.17) is 9.47 Å². The molecule has 0 atom stereocenters. The van der Waals surface area contributed by atoms with Gasteiger partial charge >= 0.3 is 5.97 Å². The third kappa shape index (κ3) is 2.99. The number of hydrogen-bond acceptors (Lipinski definition) is 6. The average molecular weight is 298 g/mol. The number of anilines is 1. The second-order valence-corrected chi connectivity index (χ2v) is 6.39. The predicted octanol–water partition coefficient (Wildman–Crippen LogP) is 1.99. The highest BCUT2D eigenvalue weighted by Crippen LogP contribution is 2.30. The van der Waals surface area contributed by atoms with E-state index in [-0.39, 0.29) is 12.0 Å². The lowest BCUT2D eigenvalue weighted by atomic mass is 9.88. The fraction of sp³-hybridized carbons (Fsp3) is 0.615. The van der Waals surface area contributed by atoms with Crippen LogP contribution in [0.5, 0.6) is 0 Å². The molecule has 0 aliphatic carbocycles. The number of aryl methyl sites for hydroxylation is 1. The van der Waals surface area contributed by atoms with Crippen LogP contribution in [0.1, 0.15) is 36.1 Å². The molecular formula is C13H18N2O4S. The van der Waals surface area contributed by atoms with Crippen molar-refractivity contribution in [3.63, 3.8) is 0 Å². The second kappa shape index (κ2) is 5.49. The lowest BCUT2D eigenvalue weighted by Crippen LogP contribution is -2.49. The van der Waals surface area contributed by atoms with Crippen LogP contribution in [0.2, 0.25) is 0 Å². The van der Waals surface area contributed by atoms with E-state index in [1.165, 1.54) is 0 Å². The number of carbonyl (C=O) groups is 2. The molecule has 7 heteroatoms. The van der Waals surface area contributed by atoms with Gasteiger partial charge in [0.15, 0.2) is 5.13 Å². The summed E-state index contributed by atoms with van der Waals surface area (Å²) in [5, 5.41) is 3.15. The summed E-state index contributed by atoms with van der Waals surface area (Å²) in [5.41, 5.74) is 0.0593. The fourth-order valence-corrected chi connectivity index (χ4v) is 2.54. The van der Waals surface area contributed by atoms with E-state index in [2.05, 4.69) is 10.3 Å². The van der Waals surface area contributed by atoms with Crippen molar-refractivity contribution in [2.75, 3.05) is 18.5 Å². The maximum atomic E-state index is 12.0. The number of hydrogen-bond donors (Lipinski definition) is 1. The van der Waals surface area contributed by atoms with Crippen molar-refractivity contribution >= 4 is 28.3 Å². The lowest BCUT2D eigenvalue weighted by Gasteiger charge is -2.35. The number of rotatable bonds is 4. The zero-order valence-electron chi connectivity index (χ0n) is 12.0. The molecule has 1 aromatic heterocycles. The van der Waals surface area contributed by atoms with E-state index in [1.54, 1.807) is 20.8 Å². The highest BCUT2D eigenvalue weighted by atomic mass is 32.1. The molecule has 0 bridgehead atoms. The van der Waals surface area contributed by atoms with Gasteiger partial charge in [-0.25, -0.2) is 9.78 Å². The van der Waals surface area contributed by atoms with Crippen molar-refractivity contribution in [1.29, 1.82) is 0 Å². The Morgan fingerprint density at radius 2 is 2.10 bits per heavy atom. The van der Waals surface area contributed by atoms with Gasteiger partial charge in [-0.15, -0.1) is 0 Å². The molecule has 0 aromatic carbocycles. The molecule has 2 rings (SSSR count). The topological polar surface area (TPSA) is 77.5 Å². The first-order valence-electron chi connectivity index (χ1n) is 6.39. The Balaban J connectivity index is 2.07. The largest absolute Gasteiger partial charge is 0.459 e. The maximum absolute atomic E-state index is 12.0. The molecule has 1 fully saturated rings. The van der Waals surface area contributed by atoms with Crippen LogP contribution in [0.4, 0.5) is 5.13 Å². The number of nitrogens with zero attached hydrogens (tertiary/aromatic N) is 1. The molecule has 1 aliphatic heterocycles. The normalized spacial score (nSPS) is 16.6. The Bertz CT molecular complexity index is 534. The zero-order chi connectivity index (χ0) is 14.9. The van der Waals surface area contributed by atoms with Crippen LogP contribution in [0.25, 0.3) is 0 Å². The summed E-state index contributed by atoms with van der Waals surface area (Å²) in [5.74, 6) is -0.546. The average Bonchev–Trinajstić information content (AvgIpc) is 2.66. The molecule has 1 N–H and O–H groups in total. The van der Waals surface area contributed by atoms with Gasteiger partial charge in [0.1, 0.15) is 4.88 Å². The van der Waals surface area contributed by atoms with Crippen molar-refractivity contribution in [3.8, 4) is 0 Å². The van der Waals surface area contributed by atoms with Crippen molar-refractivity contribution in [2.24, 2.45) is 5.41 Å². The van der Waals surface area contributed by atoms with Gasteiger partial charge in [0, 0.05) is 0 Å². The molecule has 6 nitrogen and oxygen atoms in total. The smallest absolute Gasteiger partial charge is 0.350 e. The summed E-state index contributed by atoms with van der Waals surface area (Å²) in [4.78, 5) is 28.5. The molecule has 1 aliphatic rings. The summed E-state index contributed by atoms with van der Waals surface area (Å²) >= 11 is 1.13. The highest BCUT2D eigenvalue weighted by molar-refractivity contribution is 7.17. The van der Waals surface area contributed by atoms with Crippen molar-refractivity contribution in [2.45, 2.75) is 33.8 Å². The minimum atomic E-state index is -0.502. The minimum absolute atomic E-state index is 0.138.